The first-order chi connectivity index (χ1) is 17.1. The minimum atomic E-state index is -4.75. The first-order valence-electron chi connectivity index (χ1n) is 11.9. The standard InChI is InChI=1S/C23H36F3N5O5/c1-2-3-4-5-17(13-32)30-22(34)31-10-11-35-14-18(31)12-29-21(33)16-8-6-15(7-9-16)19(27)20(36-28)23(24,25)26/h6-9,17-20,32H,2-5,10-14,27-28H2,1H3,(H,29,33)(H,30,34)/t17?,18-,19-,20?/m0/s1. The van der Waals surface area contributed by atoms with Gasteiger partial charge in [0.15, 0.2) is 6.10 Å². The number of aliphatic hydroxyl groups excluding tert-OH is 1. The third kappa shape index (κ3) is 8.59. The van der Waals surface area contributed by atoms with E-state index in [9.17, 15) is 27.9 Å². The van der Waals surface area contributed by atoms with Crippen LogP contribution >= 0.6 is 0 Å². The molecule has 0 spiro atoms. The summed E-state index contributed by atoms with van der Waals surface area (Å²) in [4.78, 5) is 31.0. The Morgan fingerprint density at radius 2 is 1.97 bits per heavy atom. The van der Waals surface area contributed by atoms with E-state index >= 15 is 0 Å². The molecule has 0 radical (unpaired) electrons. The van der Waals surface area contributed by atoms with Crippen LogP contribution in [0.25, 0.3) is 0 Å². The summed E-state index contributed by atoms with van der Waals surface area (Å²) in [6, 6.07) is 2.60. The van der Waals surface area contributed by atoms with Gasteiger partial charge in [-0.3, -0.25) is 9.63 Å². The molecule has 1 fully saturated rings. The zero-order valence-electron chi connectivity index (χ0n) is 20.3. The minimum Gasteiger partial charge on any atom is -0.394 e. The summed E-state index contributed by atoms with van der Waals surface area (Å²) < 4.78 is 44.4. The quantitative estimate of drug-likeness (QED) is 0.208. The van der Waals surface area contributed by atoms with Crippen molar-refractivity contribution in [2.24, 2.45) is 11.6 Å². The van der Waals surface area contributed by atoms with Gasteiger partial charge in [0, 0.05) is 18.7 Å². The van der Waals surface area contributed by atoms with Gasteiger partial charge in [-0.15, -0.1) is 0 Å². The molecule has 4 atom stereocenters. The Labute approximate surface area is 208 Å². The predicted molar refractivity (Wildman–Crippen MR) is 126 cm³/mol. The van der Waals surface area contributed by atoms with Crippen LogP contribution in [0.15, 0.2) is 24.3 Å². The Bertz CT molecular complexity index is 827. The molecule has 1 aliphatic rings. The predicted octanol–water partition coefficient (Wildman–Crippen LogP) is 1.59. The zero-order valence-corrected chi connectivity index (χ0v) is 20.3. The second-order valence-electron chi connectivity index (χ2n) is 8.70. The average Bonchev–Trinajstić information content (AvgIpc) is 2.86. The van der Waals surface area contributed by atoms with Crippen molar-refractivity contribution in [3.63, 3.8) is 0 Å². The van der Waals surface area contributed by atoms with Gasteiger partial charge in [-0.05, 0) is 24.1 Å². The van der Waals surface area contributed by atoms with Gasteiger partial charge in [-0.25, -0.2) is 10.7 Å². The van der Waals surface area contributed by atoms with Crippen LogP contribution in [0.2, 0.25) is 0 Å². The Balaban J connectivity index is 1.95. The topological polar surface area (TPSA) is 152 Å². The van der Waals surface area contributed by atoms with Crippen molar-refractivity contribution in [1.29, 1.82) is 0 Å². The van der Waals surface area contributed by atoms with E-state index in [-0.39, 0.29) is 43.0 Å². The number of urea groups is 1. The number of aliphatic hydroxyl groups is 1. The highest BCUT2D eigenvalue weighted by molar-refractivity contribution is 5.94. The molecular formula is C23H36F3N5O5. The van der Waals surface area contributed by atoms with Crippen LogP contribution in [0.3, 0.4) is 0 Å². The van der Waals surface area contributed by atoms with Crippen LogP contribution in [-0.4, -0.2) is 79.2 Å². The summed E-state index contributed by atoms with van der Waals surface area (Å²) in [5.41, 5.74) is 5.94. The van der Waals surface area contributed by atoms with Crippen molar-refractivity contribution in [2.75, 3.05) is 32.9 Å². The van der Waals surface area contributed by atoms with Gasteiger partial charge in [0.05, 0.1) is 37.9 Å². The smallest absolute Gasteiger partial charge is 0.394 e. The SMILES string of the molecule is CCCCCC(CO)NC(=O)N1CCOC[C@@H]1CNC(=O)c1ccc([C@H](N)C(ON)C(F)(F)F)cc1. The summed E-state index contributed by atoms with van der Waals surface area (Å²) in [5, 5.41) is 15.2. The lowest BCUT2D eigenvalue weighted by Crippen LogP contribution is -2.57. The Kier molecular flexibility index (Phi) is 11.9. The Hall–Kier alpha value is -2.45. The number of hydrogen-bond donors (Lipinski definition) is 5. The van der Waals surface area contributed by atoms with Crippen LogP contribution in [0.5, 0.6) is 0 Å². The fraction of sp³-hybridized carbons (Fsp3) is 0.652. The molecule has 13 heteroatoms. The zero-order chi connectivity index (χ0) is 26.7. The molecule has 2 rings (SSSR count). The number of benzene rings is 1. The molecule has 0 saturated carbocycles. The van der Waals surface area contributed by atoms with E-state index < -0.39 is 30.3 Å². The molecule has 204 valence electrons. The van der Waals surface area contributed by atoms with Crippen molar-refractivity contribution < 1.29 is 37.4 Å². The van der Waals surface area contributed by atoms with Crippen molar-refractivity contribution >= 4 is 11.9 Å². The van der Waals surface area contributed by atoms with Gasteiger partial charge in [-0.2, -0.15) is 13.2 Å². The number of carbonyl (C=O) groups is 2. The van der Waals surface area contributed by atoms with Crippen LogP contribution in [-0.2, 0) is 9.57 Å². The largest absolute Gasteiger partial charge is 0.418 e. The molecule has 3 amide bonds. The summed E-state index contributed by atoms with van der Waals surface area (Å²) >= 11 is 0. The van der Waals surface area contributed by atoms with Crippen LogP contribution in [0.4, 0.5) is 18.0 Å². The number of amides is 3. The second-order valence-corrected chi connectivity index (χ2v) is 8.70. The molecule has 1 aliphatic heterocycles. The van der Waals surface area contributed by atoms with E-state index in [1.54, 1.807) is 4.90 Å². The number of unbranched alkanes of at least 4 members (excludes halogenated alkanes) is 2. The molecular weight excluding hydrogens is 483 g/mol. The lowest BCUT2D eigenvalue weighted by Gasteiger charge is -2.36. The van der Waals surface area contributed by atoms with E-state index in [0.717, 1.165) is 19.3 Å². The highest BCUT2D eigenvalue weighted by atomic mass is 19.4. The maximum Gasteiger partial charge on any atom is 0.418 e. The average molecular weight is 520 g/mol. The maximum absolute atomic E-state index is 13.0. The lowest BCUT2D eigenvalue weighted by atomic mass is 10.0. The molecule has 36 heavy (non-hydrogen) atoms. The molecule has 1 aromatic carbocycles. The van der Waals surface area contributed by atoms with Gasteiger partial charge in [0.2, 0.25) is 0 Å². The molecule has 7 N–H and O–H groups in total. The Morgan fingerprint density at radius 3 is 2.56 bits per heavy atom. The third-order valence-electron chi connectivity index (χ3n) is 6.04. The molecule has 0 bridgehead atoms. The van der Waals surface area contributed by atoms with Gasteiger partial charge < -0.3 is 31.1 Å². The molecule has 0 aliphatic carbocycles. The van der Waals surface area contributed by atoms with E-state index in [1.807, 2.05) is 0 Å². The first-order valence-corrected chi connectivity index (χ1v) is 11.9. The van der Waals surface area contributed by atoms with Crippen molar-refractivity contribution in [1.82, 2.24) is 15.5 Å². The number of rotatable bonds is 12. The van der Waals surface area contributed by atoms with Crippen LogP contribution in [0.1, 0.15) is 54.6 Å². The summed E-state index contributed by atoms with van der Waals surface area (Å²) in [6.45, 7) is 2.91. The fourth-order valence-corrected chi connectivity index (χ4v) is 3.91. The fourth-order valence-electron chi connectivity index (χ4n) is 3.91. The number of ether oxygens (including phenoxy) is 1. The number of nitrogens with one attached hydrogen (secondary N) is 2. The minimum absolute atomic E-state index is 0.0974. The normalized spacial score (nSPS) is 18.9. The Morgan fingerprint density at radius 1 is 1.28 bits per heavy atom. The van der Waals surface area contributed by atoms with E-state index in [2.05, 4.69) is 22.4 Å². The number of nitrogens with zero attached hydrogens (tertiary/aromatic N) is 1. The van der Waals surface area contributed by atoms with Gasteiger partial charge >= 0.3 is 12.2 Å². The van der Waals surface area contributed by atoms with E-state index in [4.69, 9.17) is 16.4 Å². The number of hydrogen-bond acceptors (Lipinski definition) is 7. The molecule has 0 aromatic heterocycles. The van der Waals surface area contributed by atoms with Crippen molar-refractivity contribution in [2.45, 2.75) is 63.0 Å². The van der Waals surface area contributed by atoms with Crippen LogP contribution in [0, 0.1) is 0 Å². The van der Waals surface area contributed by atoms with Crippen molar-refractivity contribution in [3.8, 4) is 0 Å². The van der Waals surface area contributed by atoms with Gasteiger partial charge in [0.25, 0.3) is 5.91 Å². The summed E-state index contributed by atoms with van der Waals surface area (Å²) in [7, 11) is 0. The lowest BCUT2D eigenvalue weighted by molar-refractivity contribution is -0.228. The molecule has 1 aromatic rings. The van der Waals surface area contributed by atoms with E-state index in [0.29, 0.717) is 19.6 Å². The van der Waals surface area contributed by atoms with Gasteiger partial charge in [0.1, 0.15) is 0 Å². The number of nitrogens with two attached hydrogens (primary N) is 2. The third-order valence-corrected chi connectivity index (χ3v) is 6.04. The highest BCUT2D eigenvalue weighted by Crippen LogP contribution is 2.30. The first kappa shape index (κ1) is 29.8. The van der Waals surface area contributed by atoms with Gasteiger partial charge in [-0.1, -0.05) is 38.3 Å². The molecule has 1 heterocycles. The maximum atomic E-state index is 13.0. The van der Waals surface area contributed by atoms with Crippen molar-refractivity contribution in [3.05, 3.63) is 35.4 Å². The number of carbonyl (C=O) groups excluding carboxylic acids is 2. The molecule has 2 unspecified atom stereocenters. The van der Waals surface area contributed by atoms with Crippen LogP contribution < -0.4 is 22.3 Å². The second kappa shape index (κ2) is 14.3. The molecule has 10 nitrogen and oxygen atoms in total. The molecule has 1 saturated heterocycles. The summed E-state index contributed by atoms with van der Waals surface area (Å²) in [5.74, 6) is 4.28. The number of halogens is 3. The van der Waals surface area contributed by atoms with E-state index in [1.165, 1.54) is 24.3 Å². The monoisotopic (exact) mass is 519 g/mol. The number of morpholine rings is 1. The highest BCUT2D eigenvalue weighted by Gasteiger charge is 2.45. The summed E-state index contributed by atoms with van der Waals surface area (Å²) in [6.07, 6.45) is -3.54. The number of alkyl halides is 3.